The molecule has 1 aliphatic rings. The average molecular weight is 289 g/mol. The molecule has 2 atom stereocenters. The number of rotatable bonds is 5. The van der Waals surface area contributed by atoms with Gasteiger partial charge in [-0.3, -0.25) is 0 Å². The van der Waals surface area contributed by atoms with Gasteiger partial charge < -0.3 is 9.84 Å². The van der Waals surface area contributed by atoms with Crippen LogP contribution in [0.15, 0.2) is 18.2 Å². The van der Waals surface area contributed by atoms with E-state index in [4.69, 9.17) is 27.9 Å². The molecule has 1 fully saturated rings. The fourth-order valence-electron chi connectivity index (χ4n) is 2.35. The van der Waals surface area contributed by atoms with Gasteiger partial charge in [-0.2, -0.15) is 0 Å². The van der Waals surface area contributed by atoms with E-state index in [2.05, 4.69) is 0 Å². The Bertz CT molecular complexity index is 369. The first-order valence-corrected chi connectivity index (χ1v) is 7.16. The summed E-state index contributed by atoms with van der Waals surface area (Å²) in [4.78, 5) is 0. The topological polar surface area (TPSA) is 29.5 Å². The van der Waals surface area contributed by atoms with Crippen molar-refractivity contribution in [3.63, 3.8) is 0 Å². The third-order valence-electron chi connectivity index (χ3n) is 3.30. The average Bonchev–Trinajstić information content (AvgIpc) is 2.80. The van der Waals surface area contributed by atoms with E-state index in [1.165, 1.54) is 0 Å². The van der Waals surface area contributed by atoms with Crippen molar-refractivity contribution in [3.05, 3.63) is 33.8 Å². The van der Waals surface area contributed by atoms with Gasteiger partial charge in [0.05, 0.1) is 12.2 Å². The zero-order chi connectivity index (χ0) is 13.0. The van der Waals surface area contributed by atoms with Crippen molar-refractivity contribution in [2.24, 2.45) is 0 Å². The highest BCUT2D eigenvalue weighted by Crippen LogP contribution is 2.27. The predicted molar refractivity (Wildman–Crippen MR) is 74.2 cm³/mol. The maximum absolute atomic E-state index is 10.1. The minimum absolute atomic E-state index is 0.389. The molecule has 2 rings (SSSR count). The summed E-state index contributed by atoms with van der Waals surface area (Å²) in [5, 5.41) is 11.2. The first-order chi connectivity index (χ1) is 8.65. The first-order valence-electron chi connectivity index (χ1n) is 6.41. The molecule has 18 heavy (non-hydrogen) atoms. The second-order valence-electron chi connectivity index (χ2n) is 4.78. The summed E-state index contributed by atoms with van der Waals surface area (Å²) in [5.74, 6) is 0. The van der Waals surface area contributed by atoms with Crippen LogP contribution < -0.4 is 0 Å². The molecule has 0 aliphatic carbocycles. The van der Waals surface area contributed by atoms with Crippen LogP contribution in [0.3, 0.4) is 0 Å². The molecule has 1 saturated heterocycles. The summed E-state index contributed by atoms with van der Waals surface area (Å²) in [6, 6.07) is 5.21. The lowest BCUT2D eigenvalue weighted by atomic mass is 10.0. The van der Waals surface area contributed by atoms with Gasteiger partial charge in [-0.15, -0.1) is 0 Å². The first kappa shape index (κ1) is 14.1. The molecule has 100 valence electrons. The number of hydrogen-bond acceptors (Lipinski definition) is 2. The monoisotopic (exact) mass is 288 g/mol. The van der Waals surface area contributed by atoms with E-state index >= 15 is 0 Å². The largest absolute Gasteiger partial charge is 0.388 e. The third-order valence-corrected chi connectivity index (χ3v) is 3.73. The molecule has 0 saturated carbocycles. The van der Waals surface area contributed by atoms with E-state index in [0.717, 1.165) is 44.3 Å². The van der Waals surface area contributed by atoms with Gasteiger partial charge in [-0.05, 0) is 55.9 Å². The Labute approximate surface area is 118 Å². The van der Waals surface area contributed by atoms with Crippen molar-refractivity contribution in [1.29, 1.82) is 0 Å². The molecule has 0 amide bonds. The quantitative estimate of drug-likeness (QED) is 0.871. The number of hydrogen-bond donors (Lipinski definition) is 1. The van der Waals surface area contributed by atoms with Crippen LogP contribution in [-0.2, 0) is 4.74 Å². The van der Waals surface area contributed by atoms with Crippen LogP contribution in [-0.4, -0.2) is 17.8 Å². The van der Waals surface area contributed by atoms with Crippen LogP contribution in [0.2, 0.25) is 10.0 Å². The SMILES string of the molecule is OC(CCCC1CCCO1)c1cc(Cl)cc(Cl)c1. The molecule has 0 bridgehead atoms. The van der Waals surface area contributed by atoms with Crippen molar-refractivity contribution in [1.82, 2.24) is 0 Å². The van der Waals surface area contributed by atoms with Crippen LogP contribution >= 0.6 is 23.2 Å². The van der Waals surface area contributed by atoms with Crippen molar-refractivity contribution in [2.45, 2.75) is 44.3 Å². The van der Waals surface area contributed by atoms with E-state index in [-0.39, 0.29) is 0 Å². The maximum Gasteiger partial charge on any atom is 0.0791 e. The van der Waals surface area contributed by atoms with Gasteiger partial charge in [-0.1, -0.05) is 23.2 Å². The van der Waals surface area contributed by atoms with Crippen LogP contribution in [0.4, 0.5) is 0 Å². The normalized spacial score (nSPS) is 21.2. The number of ether oxygens (including phenoxy) is 1. The summed E-state index contributed by atoms with van der Waals surface area (Å²) in [6.45, 7) is 0.886. The summed E-state index contributed by atoms with van der Waals surface area (Å²) in [7, 11) is 0. The molecule has 0 radical (unpaired) electrons. The lowest BCUT2D eigenvalue weighted by Gasteiger charge is -2.13. The molecular weight excluding hydrogens is 271 g/mol. The Morgan fingerprint density at radius 2 is 2.00 bits per heavy atom. The van der Waals surface area contributed by atoms with E-state index < -0.39 is 6.10 Å². The standard InChI is InChI=1S/C14H18Cl2O2/c15-11-7-10(8-12(16)9-11)14(17)5-1-3-13-4-2-6-18-13/h7-9,13-14,17H,1-6H2. The molecule has 1 aromatic rings. The van der Waals surface area contributed by atoms with Gasteiger partial charge in [0.1, 0.15) is 0 Å². The molecule has 0 aromatic heterocycles. The number of benzene rings is 1. The van der Waals surface area contributed by atoms with Crippen molar-refractivity contribution >= 4 is 23.2 Å². The van der Waals surface area contributed by atoms with Crippen molar-refractivity contribution < 1.29 is 9.84 Å². The van der Waals surface area contributed by atoms with Crippen LogP contribution in [0.5, 0.6) is 0 Å². The van der Waals surface area contributed by atoms with E-state index in [9.17, 15) is 5.11 Å². The highest BCUT2D eigenvalue weighted by Gasteiger charge is 2.16. The highest BCUT2D eigenvalue weighted by atomic mass is 35.5. The number of aliphatic hydroxyl groups excluding tert-OH is 1. The van der Waals surface area contributed by atoms with Crippen molar-refractivity contribution in [2.75, 3.05) is 6.61 Å². The van der Waals surface area contributed by atoms with Crippen LogP contribution in [0.25, 0.3) is 0 Å². The van der Waals surface area contributed by atoms with Gasteiger partial charge in [0.15, 0.2) is 0 Å². The van der Waals surface area contributed by atoms with Gasteiger partial charge in [0, 0.05) is 16.7 Å². The van der Waals surface area contributed by atoms with E-state index in [1.54, 1.807) is 18.2 Å². The molecule has 1 heterocycles. The highest BCUT2D eigenvalue weighted by molar-refractivity contribution is 6.34. The predicted octanol–water partition coefficient (Wildman–Crippen LogP) is 4.38. The minimum Gasteiger partial charge on any atom is -0.388 e. The fraction of sp³-hybridized carbons (Fsp3) is 0.571. The second kappa shape index (κ2) is 6.76. The Kier molecular flexibility index (Phi) is 5.31. The molecule has 2 unspecified atom stereocenters. The fourth-order valence-corrected chi connectivity index (χ4v) is 2.89. The van der Waals surface area contributed by atoms with Gasteiger partial charge in [0.2, 0.25) is 0 Å². The molecular formula is C14H18Cl2O2. The zero-order valence-electron chi connectivity index (χ0n) is 10.2. The maximum atomic E-state index is 10.1. The summed E-state index contributed by atoms with van der Waals surface area (Å²) in [6.07, 6.45) is 4.90. The lowest BCUT2D eigenvalue weighted by Crippen LogP contribution is -2.06. The van der Waals surface area contributed by atoms with Crippen LogP contribution in [0.1, 0.15) is 43.8 Å². The Morgan fingerprint density at radius 1 is 1.28 bits per heavy atom. The third kappa shape index (κ3) is 4.13. The molecule has 2 nitrogen and oxygen atoms in total. The molecule has 1 aliphatic heterocycles. The smallest absolute Gasteiger partial charge is 0.0791 e. The number of halogens is 2. The zero-order valence-corrected chi connectivity index (χ0v) is 11.8. The Hall–Kier alpha value is -0.280. The van der Waals surface area contributed by atoms with Gasteiger partial charge in [0.25, 0.3) is 0 Å². The molecule has 4 heteroatoms. The minimum atomic E-state index is -0.498. The van der Waals surface area contributed by atoms with Crippen molar-refractivity contribution in [3.8, 4) is 0 Å². The molecule has 1 aromatic carbocycles. The van der Waals surface area contributed by atoms with Gasteiger partial charge in [-0.25, -0.2) is 0 Å². The van der Waals surface area contributed by atoms with E-state index in [0.29, 0.717) is 16.1 Å². The number of aliphatic hydroxyl groups is 1. The Balaban J connectivity index is 1.81. The molecule has 0 spiro atoms. The van der Waals surface area contributed by atoms with Crippen LogP contribution in [0, 0.1) is 0 Å². The lowest BCUT2D eigenvalue weighted by molar-refractivity contribution is 0.0945. The Morgan fingerprint density at radius 3 is 2.61 bits per heavy atom. The van der Waals surface area contributed by atoms with Gasteiger partial charge >= 0.3 is 0 Å². The van der Waals surface area contributed by atoms with E-state index in [1.807, 2.05) is 0 Å². The summed E-state index contributed by atoms with van der Waals surface area (Å²) in [5.41, 5.74) is 0.792. The second-order valence-corrected chi connectivity index (χ2v) is 5.66. The summed E-state index contributed by atoms with van der Waals surface area (Å²) >= 11 is 11.8. The molecule has 1 N–H and O–H groups in total. The summed E-state index contributed by atoms with van der Waals surface area (Å²) < 4.78 is 5.55.